The van der Waals surface area contributed by atoms with Gasteiger partial charge in [0.15, 0.2) is 9.84 Å². The van der Waals surface area contributed by atoms with Crippen molar-refractivity contribution in [1.29, 1.82) is 0 Å². The zero-order valence-corrected chi connectivity index (χ0v) is 13.2. The summed E-state index contributed by atoms with van der Waals surface area (Å²) in [4.78, 5) is 22.8. The molecular formula is C14H16ClNO5S. The summed E-state index contributed by atoms with van der Waals surface area (Å²) in [5, 5.41) is 11.9. The van der Waals surface area contributed by atoms with Gasteiger partial charge in [0.25, 0.3) is 0 Å². The van der Waals surface area contributed by atoms with Gasteiger partial charge in [-0.1, -0.05) is 11.6 Å². The van der Waals surface area contributed by atoms with Crippen molar-refractivity contribution >= 4 is 33.3 Å². The average molecular weight is 346 g/mol. The fourth-order valence-electron chi connectivity index (χ4n) is 2.50. The number of carbonyl (C=O) groups excluding carboxylic acids is 1. The SMILES string of the molecule is O=C(CS(=O)(=O)c1ccc(Cl)cc1)N[C@H]1CC[C@@H](C(=O)O)C1. The highest BCUT2D eigenvalue weighted by molar-refractivity contribution is 7.92. The van der Waals surface area contributed by atoms with Crippen LogP contribution in [0.1, 0.15) is 19.3 Å². The van der Waals surface area contributed by atoms with Crippen molar-refractivity contribution < 1.29 is 23.1 Å². The second-order valence-electron chi connectivity index (χ2n) is 5.33. The lowest BCUT2D eigenvalue weighted by Gasteiger charge is -2.12. The van der Waals surface area contributed by atoms with E-state index in [0.717, 1.165) is 0 Å². The molecule has 1 fully saturated rings. The van der Waals surface area contributed by atoms with E-state index in [2.05, 4.69) is 5.32 Å². The van der Waals surface area contributed by atoms with Crippen molar-refractivity contribution in [3.63, 3.8) is 0 Å². The quantitative estimate of drug-likeness (QED) is 0.841. The zero-order chi connectivity index (χ0) is 16.3. The van der Waals surface area contributed by atoms with Crippen LogP contribution in [0.4, 0.5) is 0 Å². The largest absolute Gasteiger partial charge is 0.481 e. The Bertz CT molecular complexity index is 671. The number of aliphatic carboxylic acids is 1. The summed E-state index contributed by atoms with van der Waals surface area (Å²) in [6, 6.07) is 5.30. The second kappa shape index (κ2) is 6.66. The number of carbonyl (C=O) groups is 2. The first-order valence-electron chi connectivity index (χ1n) is 6.78. The Hall–Kier alpha value is -1.60. The Kier molecular flexibility index (Phi) is 5.08. The highest BCUT2D eigenvalue weighted by Gasteiger charge is 2.31. The number of hydrogen-bond acceptors (Lipinski definition) is 4. The molecule has 1 aromatic carbocycles. The second-order valence-corrected chi connectivity index (χ2v) is 7.75. The number of benzene rings is 1. The monoisotopic (exact) mass is 345 g/mol. The number of carboxylic acid groups (broad SMARTS) is 1. The predicted molar refractivity (Wildman–Crippen MR) is 80.4 cm³/mol. The van der Waals surface area contributed by atoms with Crippen LogP contribution in [0.2, 0.25) is 5.02 Å². The summed E-state index contributed by atoms with van der Waals surface area (Å²) in [7, 11) is -3.73. The van der Waals surface area contributed by atoms with Crippen LogP contribution in [-0.2, 0) is 19.4 Å². The van der Waals surface area contributed by atoms with Gasteiger partial charge in [0, 0.05) is 11.1 Å². The minimum Gasteiger partial charge on any atom is -0.481 e. The molecule has 6 nitrogen and oxygen atoms in total. The molecule has 0 saturated heterocycles. The Morgan fingerprint density at radius 3 is 2.41 bits per heavy atom. The number of halogens is 1. The first-order valence-corrected chi connectivity index (χ1v) is 8.81. The molecule has 0 spiro atoms. The lowest BCUT2D eigenvalue weighted by atomic mass is 10.1. The van der Waals surface area contributed by atoms with Gasteiger partial charge in [-0.3, -0.25) is 9.59 Å². The van der Waals surface area contributed by atoms with Gasteiger partial charge in [0.05, 0.1) is 10.8 Å². The van der Waals surface area contributed by atoms with Gasteiger partial charge in [-0.05, 0) is 43.5 Å². The van der Waals surface area contributed by atoms with Crippen LogP contribution in [0.3, 0.4) is 0 Å². The van der Waals surface area contributed by atoms with Gasteiger partial charge >= 0.3 is 5.97 Å². The maximum absolute atomic E-state index is 12.1. The van der Waals surface area contributed by atoms with E-state index in [1.165, 1.54) is 24.3 Å². The van der Waals surface area contributed by atoms with Crippen molar-refractivity contribution in [2.75, 3.05) is 5.75 Å². The molecule has 1 amide bonds. The number of amides is 1. The Morgan fingerprint density at radius 1 is 1.23 bits per heavy atom. The van der Waals surface area contributed by atoms with E-state index in [9.17, 15) is 18.0 Å². The molecule has 0 heterocycles. The third-order valence-electron chi connectivity index (χ3n) is 3.64. The molecule has 0 radical (unpaired) electrons. The van der Waals surface area contributed by atoms with E-state index in [-0.39, 0.29) is 10.9 Å². The third-order valence-corrected chi connectivity index (χ3v) is 5.53. The summed E-state index contributed by atoms with van der Waals surface area (Å²) in [5.74, 6) is -2.64. The molecule has 0 unspecified atom stereocenters. The molecule has 0 aliphatic heterocycles. The normalized spacial score (nSPS) is 21.5. The van der Waals surface area contributed by atoms with Crippen LogP contribution in [-0.4, -0.2) is 37.2 Å². The predicted octanol–water partition coefficient (Wildman–Crippen LogP) is 1.48. The van der Waals surface area contributed by atoms with Crippen LogP contribution in [0.25, 0.3) is 0 Å². The minimum atomic E-state index is -3.73. The number of rotatable bonds is 5. The highest BCUT2D eigenvalue weighted by atomic mass is 35.5. The number of sulfone groups is 1. The van der Waals surface area contributed by atoms with Crippen LogP contribution in [0.15, 0.2) is 29.2 Å². The van der Waals surface area contributed by atoms with E-state index in [4.69, 9.17) is 16.7 Å². The smallest absolute Gasteiger partial charge is 0.306 e. The van der Waals surface area contributed by atoms with Gasteiger partial charge in [-0.2, -0.15) is 0 Å². The molecule has 120 valence electrons. The molecule has 1 aliphatic carbocycles. The molecule has 1 saturated carbocycles. The van der Waals surface area contributed by atoms with Gasteiger partial charge in [-0.25, -0.2) is 8.42 Å². The Balaban J connectivity index is 1.94. The summed E-state index contributed by atoms with van der Waals surface area (Å²) in [5.41, 5.74) is 0. The van der Waals surface area contributed by atoms with Gasteiger partial charge in [0.1, 0.15) is 5.75 Å². The Labute approximate surface area is 133 Å². The van der Waals surface area contributed by atoms with Crippen molar-refractivity contribution in [3.05, 3.63) is 29.3 Å². The minimum absolute atomic E-state index is 0.0295. The molecule has 0 bridgehead atoms. The fourth-order valence-corrected chi connectivity index (χ4v) is 3.78. The maximum atomic E-state index is 12.1. The third kappa shape index (κ3) is 4.20. The zero-order valence-electron chi connectivity index (χ0n) is 11.7. The summed E-state index contributed by atoms with van der Waals surface area (Å²) < 4.78 is 24.2. The fraction of sp³-hybridized carbons (Fsp3) is 0.429. The summed E-state index contributed by atoms with van der Waals surface area (Å²) in [6.07, 6.45) is 1.37. The molecule has 0 aromatic heterocycles. The maximum Gasteiger partial charge on any atom is 0.306 e. The summed E-state index contributed by atoms with van der Waals surface area (Å²) >= 11 is 5.70. The van der Waals surface area contributed by atoms with Gasteiger partial charge in [-0.15, -0.1) is 0 Å². The van der Waals surface area contributed by atoms with Crippen molar-refractivity contribution in [2.45, 2.75) is 30.2 Å². The van der Waals surface area contributed by atoms with Crippen LogP contribution >= 0.6 is 11.6 Å². The molecular weight excluding hydrogens is 330 g/mol. The van der Waals surface area contributed by atoms with Crippen LogP contribution in [0, 0.1) is 5.92 Å². The van der Waals surface area contributed by atoms with Crippen LogP contribution < -0.4 is 5.32 Å². The Morgan fingerprint density at radius 2 is 1.86 bits per heavy atom. The van der Waals surface area contributed by atoms with Crippen molar-refractivity contribution in [2.24, 2.45) is 5.92 Å². The molecule has 2 atom stereocenters. The number of carboxylic acids is 1. The highest BCUT2D eigenvalue weighted by Crippen LogP contribution is 2.25. The standard InChI is InChI=1S/C14H16ClNO5S/c15-10-2-5-12(6-3-10)22(20,21)8-13(17)16-11-4-1-9(7-11)14(18)19/h2-3,5-6,9,11H,1,4,7-8H2,(H,16,17)(H,18,19)/t9-,11+/m1/s1. The van der Waals surface area contributed by atoms with E-state index in [1.807, 2.05) is 0 Å². The van der Waals surface area contributed by atoms with E-state index in [1.54, 1.807) is 0 Å². The number of nitrogens with one attached hydrogen (secondary N) is 1. The molecule has 2 rings (SSSR count). The lowest BCUT2D eigenvalue weighted by Crippen LogP contribution is -2.37. The lowest BCUT2D eigenvalue weighted by molar-refractivity contribution is -0.141. The van der Waals surface area contributed by atoms with E-state index < -0.39 is 33.4 Å². The molecule has 2 N–H and O–H groups in total. The first-order chi connectivity index (χ1) is 10.3. The van der Waals surface area contributed by atoms with Crippen molar-refractivity contribution in [1.82, 2.24) is 5.32 Å². The molecule has 1 aliphatic rings. The van der Waals surface area contributed by atoms with Crippen molar-refractivity contribution in [3.8, 4) is 0 Å². The van der Waals surface area contributed by atoms with Crippen LogP contribution in [0.5, 0.6) is 0 Å². The molecule has 8 heteroatoms. The average Bonchev–Trinajstić information content (AvgIpc) is 2.87. The van der Waals surface area contributed by atoms with E-state index in [0.29, 0.717) is 24.3 Å². The van der Waals surface area contributed by atoms with Gasteiger partial charge < -0.3 is 10.4 Å². The van der Waals surface area contributed by atoms with Gasteiger partial charge in [0.2, 0.25) is 5.91 Å². The number of hydrogen-bond donors (Lipinski definition) is 2. The first kappa shape index (κ1) is 16.8. The topological polar surface area (TPSA) is 101 Å². The molecule has 22 heavy (non-hydrogen) atoms. The summed E-state index contributed by atoms with van der Waals surface area (Å²) in [6.45, 7) is 0. The van der Waals surface area contributed by atoms with E-state index >= 15 is 0 Å². The molecule has 1 aromatic rings.